The fraction of sp³-hybridized carbons (Fsp3) is 0.417. The Morgan fingerprint density at radius 3 is 2.81 bits per heavy atom. The third kappa shape index (κ3) is 3.98. The van der Waals surface area contributed by atoms with Crippen molar-refractivity contribution in [2.24, 2.45) is 5.92 Å². The van der Waals surface area contributed by atoms with Gasteiger partial charge < -0.3 is 10.4 Å². The van der Waals surface area contributed by atoms with Crippen LogP contribution in [0.1, 0.15) is 12.5 Å². The molecule has 0 aromatic heterocycles. The number of aliphatic hydroxyl groups is 1. The van der Waals surface area contributed by atoms with Crippen LogP contribution in [-0.4, -0.2) is 24.2 Å². The van der Waals surface area contributed by atoms with Gasteiger partial charge >= 0.3 is 0 Å². The summed E-state index contributed by atoms with van der Waals surface area (Å²) in [5, 5.41) is 11.4. The molecule has 0 aliphatic carbocycles. The van der Waals surface area contributed by atoms with Crippen LogP contribution in [0.2, 0.25) is 0 Å². The summed E-state index contributed by atoms with van der Waals surface area (Å²) in [7, 11) is 0. The van der Waals surface area contributed by atoms with Crippen LogP contribution in [0.25, 0.3) is 0 Å². The SMILES string of the molecule is CC(CO)CNC(=O)Cc1ccccc1F. The number of carbonyl (C=O) groups excluding carboxylic acids is 1. The molecular weight excluding hydrogens is 209 g/mol. The second-order valence-corrected chi connectivity index (χ2v) is 3.86. The largest absolute Gasteiger partial charge is 0.396 e. The molecule has 1 unspecified atom stereocenters. The lowest BCUT2D eigenvalue weighted by molar-refractivity contribution is -0.120. The number of hydrogen-bond donors (Lipinski definition) is 2. The van der Waals surface area contributed by atoms with Crippen LogP contribution in [0, 0.1) is 11.7 Å². The highest BCUT2D eigenvalue weighted by atomic mass is 19.1. The Hall–Kier alpha value is -1.42. The van der Waals surface area contributed by atoms with E-state index in [9.17, 15) is 9.18 Å². The second kappa shape index (κ2) is 6.23. The molecule has 0 bridgehead atoms. The topological polar surface area (TPSA) is 49.3 Å². The van der Waals surface area contributed by atoms with E-state index in [4.69, 9.17) is 5.11 Å². The zero-order valence-corrected chi connectivity index (χ0v) is 9.24. The maximum absolute atomic E-state index is 13.2. The maximum atomic E-state index is 13.2. The number of aliphatic hydroxyl groups excluding tert-OH is 1. The summed E-state index contributed by atoms with van der Waals surface area (Å²) in [5.74, 6) is -0.581. The van der Waals surface area contributed by atoms with Gasteiger partial charge in [0.25, 0.3) is 0 Å². The standard InChI is InChI=1S/C12H16FNO2/c1-9(8-15)7-14-12(16)6-10-4-2-3-5-11(10)13/h2-5,9,15H,6-8H2,1H3,(H,14,16). The van der Waals surface area contributed by atoms with Gasteiger partial charge in [0.15, 0.2) is 0 Å². The van der Waals surface area contributed by atoms with Crippen molar-refractivity contribution in [2.75, 3.05) is 13.2 Å². The number of carbonyl (C=O) groups is 1. The lowest BCUT2D eigenvalue weighted by Gasteiger charge is -2.09. The molecule has 4 heteroatoms. The zero-order chi connectivity index (χ0) is 12.0. The molecule has 1 rings (SSSR count). The first-order valence-corrected chi connectivity index (χ1v) is 5.24. The number of hydrogen-bond acceptors (Lipinski definition) is 2. The number of benzene rings is 1. The van der Waals surface area contributed by atoms with Gasteiger partial charge in [0.05, 0.1) is 6.42 Å². The lowest BCUT2D eigenvalue weighted by atomic mass is 10.1. The smallest absolute Gasteiger partial charge is 0.224 e. The molecule has 0 aliphatic heterocycles. The predicted molar refractivity (Wildman–Crippen MR) is 59.4 cm³/mol. The molecule has 0 radical (unpaired) electrons. The fourth-order valence-electron chi connectivity index (χ4n) is 1.23. The van der Waals surface area contributed by atoms with Crippen molar-refractivity contribution in [2.45, 2.75) is 13.3 Å². The average Bonchev–Trinajstić information content (AvgIpc) is 2.29. The molecule has 1 amide bonds. The van der Waals surface area contributed by atoms with Crippen LogP contribution in [0.3, 0.4) is 0 Å². The van der Waals surface area contributed by atoms with E-state index in [1.807, 2.05) is 6.92 Å². The van der Waals surface area contributed by atoms with Crippen molar-refractivity contribution < 1.29 is 14.3 Å². The minimum absolute atomic E-state index is 0.0181. The molecule has 1 aromatic rings. The van der Waals surface area contributed by atoms with E-state index in [1.54, 1.807) is 18.2 Å². The first-order valence-electron chi connectivity index (χ1n) is 5.24. The van der Waals surface area contributed by atoms with Crippen LogP contribution in [-0.2, 0) is 11.2 Å². The fourth-order valence-corrected chi connectivity index (χ4v) is 1.23. The summed E-state index contributed by atoms with van der Waals surface area (Å²) in [6, 6.07) is 6.20. The van der Waals surface area contributed by atoms with E-state index < -0.39 is 0 Å². The summed E-state index contributed by atoms with van der Waals surface area (Å²) in [6.07, 6.45) is 0.0326. The molecule has 3 nitrogen and oxygen atoms in total. The number of nitrogens with one attached hydrogen (secondary N) is 1. The van der Waals surface area contributed by atoms with Crippen LogP contribution in [0.5, 0.6) is 0 Å². The van der Waals surface area contributed by atoms with Gasteiger partial charge in [-0.2, -0.15) is 0 Å². The second-order valence-electron chi connectivity index (χ2n) is 3.86. The van der Waals surface area contributed by atoms with Gasteiger partial charge in [-0.25, -0.2) is 4.39 Å². The monoisotopic (exact) mass is 225 g/mol. The Morgan fingerprint density at radius 2 is 2.19 bits per heavy atom. The van der Waals surface area contributed by atoms with Crippen LogP contribution >= 0.6 is 0 Å². The normalized spacial score (nSPS) is 12.2. The van der Waals surface area contributed by atoms with E-state index in [0.717, 1.165) is 0 Å². The van der Waals surface area contributed by atoms with Gasteiger partial charge in [-0.05, 0) is 17.5 Å². The third-order valence-corrected chi connectivity index (χ3v) is 2.27. The summed E-state index contributed by atoms with van der Waals surface area (Å²) in [6.45, 7) is 2.26. The molecule has 0 fully saturated rings. The van der Waals surface area contributed by atoms with Crippen molar-refractivity contribution >= 4 is 5.91 Å². The first-order chi connectivity index (χ1) is 7.63. The molecule has 0 saturated heterocycles. The van der Waals surface area contributed by atoms with Crippen LogP contribution < -0.4 is 5.32 Å². The van der Waals surface area contributed by atoms with Crippen molar-refractivity contribution in [3.63, 3.8) is 0 Å². The maximum Gasteiger partial charge on any atom is 0.224 e. The van der Waals surface area contributed by atoms with Gasteiger partial charge in [-0.3, -0.25) is 4.79 Å². The molecule has 2 N–H and O–H groups in total. The molecule has 0 aliphatic rings. The molecule has 0 spiro atoms. The third-order valence-electron chi connectivity index (χ3n) is 2.27. The van der Waals surface area contributed by atoms with E-state index in [-0.39, 0.29) is 30.7 Å². The van der Waals surface area contributed by atoms with Crippen LogP contribution in [0.15, 0.2) is 24.3 Å². The minimum Gasteiger partial charge on any atom is -0.396 e. The van der Waals surface area contributed by atoms with E-state index in [1.165, 1.54) is 6.07 Å². The highest BCUT2D eigenvalue weighted by molar-refractivity contribution is 5.78. The Balaban J connectivity index is 2.43. The van der Waals surface area contributed by atoms with E-state index in [2.05, 4.69) is 5.32 Å². The lowest BCUT2D eigenvalue weighted by Crippen LogP contribution is -2.30. The summed E-state index contributed by atoms with van der Waals surface area (Å²) < 4.78 is 13.2. The van der Waals surface area contributed by atoms with Crippen molar-refractivity contribution in [1.82, 2.24) is 5.32 Å². The summed E-state index contributed by atoms with van der Waals surface area (Å²) in [5.41, 5.74) is 0.386. The summed E-state index contributed by atoms with van der Waals surface area (Å²) >= 11 is 0. The van der Waals surface area contributed by atoms with Gasteiger partial charge in [0.2, 0.25) is 5.91 Å². The molecule has 16 heavy (non-hydrogen) atoms. The summed E-state index contributed by atoms with van der Waals surface area (Å²) in [4.78, 5) is 11.4. The van der Waals surface area contributed by atoms with Gasteiger partial charge in [0.1, 0.15) is 5.82 Å². The molecule has 0 saturated carbocycles. The molecular formula is C12H16FNO2. The van der Waals surface area contributed by atoms with E-state index in [0.29, 0.717) is 12.1 Å². The van der Waals surface area contributed by atoms with Gasteiger partial charge in [0, 0.05) is 13.2 Å². The minimum atomic E-state index is -0.368. The highest BCUT2D eigenvalue weighted by Gasteiger charge is 2.08. The average molecular weight is 225 g/mol. The molecule has 1 atom stereocenters. The predicted octanol–water partition coefficient (Wildman–Crippen LogP) is 1.11. The van der Waals surface area contributed by atoms with Gasteiger partial charge in [-0.15, -0.1) is 0 Å². The van der Waals surface area contributed by atoms with Crippen molar-refractivity contribution in [1.29, 1.82) is 0 Å². The van der Waals surface area contributed by atoms with E-state index >= 15 is 0 Å². The van der Waals surface area contributed by atoms with Crippen molar-refractivity contribution in [3.8, 4) is 0 Å². The quantitative estimate of drug-likeness (QED) is 0.788. The Bertz CT molecular complexity index is 355. The van der Waals surface area contributed by atoms with Gasteiger partial charge in [-0.1, -0.05) is 25.1 Å². The first kappa shape index (κ1) is 12.6. The highest BCUT2D eigenvalue weighted by Crippen LogP contribution is 2.06. The number of rotatable bonds is 5. The Morgan fingerprint density at radius 1 is 1.50 bits per heavy atom. The number of amides is 1. The zero-order valence-electron chi connectivity index (χ0n) is 9.24. The number of halogens is 1. The Kier molecular flexibility index (Phi) is 4.92. The molecule has 0 heterocycles. The molecule has 88 valence electrons. The molecule has 1 aromatic carbocycles. The van der Waals surface area contributed by atoms with Crippen LogP contribution in [0.4, 0.5) is 4.39 Å². The van der Waals surface area contributed by atoms with Crippen molar-refractivity contribution in [3.05, 3.63) is 35.6 Å². The Labute approximate surface area is 94.3 Å².